The van der Waals surface area contributed by atoms with Crippen molar-refractivity contribution in [2.24, 2.45) is 0 Å². The van der Waals surface area contributed by atoms with Gasteiger partial charge in [0.1, 0.15) is 5.82 Å². The monoisotopic (exact) mass is 196 g/mol. The van der Waals surface area contributed by atoms with Crippen LogP contribution in [0.25, 0.3) is 0 Å². The molecule has 3 heteroatoms. The number of benzene rings is 1. The van der Waals surface area contributed by atoms with Crippen LogP contribution in [0.4, 0.5) is 4.39 Å². The van der Waals surface area contributed by atoms with Crippen LogP contribution in [0.15, 0.2) is 24.3 Å². The van der Waals surface area contributed by atoms with E-state index >= 15 is 0 Å². The van der Waals surface area contributed by atoms with Crippen LogP contribution in [0.2, 0.25) is 0 Å². The van der Waals surface area contributed by atoms with Crippen LogP contribution < -0.4 is 5.32 Å². The Kier molecular flexibility index (Phi) is 4.56. The number of hydrogen-bond acceptors (Lipinski definition) is 2. The van der Waals surface area contributed by atoms with Gasteiger partial charge in [-0.15, -0.1) is 0 Å². The molecule has 14 heavy (non-hydrogen) atoms. The van der Waals surface area contributed by atoms with Gasteiger partial charge < -0.3 is 10.2 Å². The van der Waals surface area contributed by atoms with E-state index in [1.54, 1.807) is 12.1 Å². The van der Waals surface area contributed by atoms with E-state index in [1.165, 1.54) is 6.07 Å². The fraction of sp³-hybridized carbons (Fsp3) is 0.455. The van der Waals surface area contributed by atoms with Gasteiger partial charge in [-0.2, -0.15) is 0 Å². The summed E-state index contributed by atoms with van der Waals surface area (Å²) in [5, 5.41) is 3.19. The van der Waals surface area contributed by atoms with Gasteiger partial charge in [-0.25, -0.2) is 4.39 Å². The van der Waals surface area contributed by atoms with Crippen molar-refractivity contribution in [1.82, 2.24) is 10.2 Å². The standard InChI is InChI=1S/C11H17FN2/c1-14(2)8-7-13-9-10-5-3-4-6-11(10)12/h3-6,13H,7-9H2,1-2H3. The fourth-order valence-electron chi connectivity index (χ4n) is 1.17. The van der Waals surface area contributed by atoms with Crippen molar-refractivity contribution in [2.45, 2.75) is 6.54 Å². The molecule has 0 atom stereocenters. The third-order valence-corrected chi connectivity index (χ3v) is 2.01. The van der Waals surface area contributed by atoms with Crippen LogP contribution in [0.5, 0.6) is 0 Å². The van der Waals surface area contributed by atoms with Gasteiger partial charge in [0.15, 0.2) is 0 Å². The lowest BCUT2D eigenvalue weighted by Gasteiger charge is -2.10. The molecule has 1 aromatic rings. The summed E-state index contributed by atoms with van der Waals surface area (Å²) in [5.41, 5.74) is 0.728. The minimum absolute atomic E-state index is 0.134. The van der Waals surface area contributed by atoms with E-state index in [9.17, 15) is 4.39 Å². The van der Waals surface area contributed by atoms with Crippen LogP contribution in [-0.4, -0.2) is 32.1 Å². The van der Waals surface area contributed by atoms with Gasteiger partial charge in [-0.1, -0.05) is 18.2 Å². The first-order valence-corrected chi connectivity index (χ1v) is 4.79. The van der Waals surface area contributed by atoms with Crippen molar-refractivity contribution in [1.29, 1.82) is 0 Å². The number of nitrogens with one attached hydrogen (secondary N) is 1. The third kappa shape index (κ3) is 3.85. The minimum Gasteiger partial charge on any atom is -0.311 e. The average Bonchev–Trinajstić information content (AvgIpc) is 2.15. The van der Waals surface area contributed by atoms with Crippen LogP contribution in [0, 0.1) is 5.82 Å². The summed E-state index contributed by atoms with van der Waals surface area (Å²) >= 11 is 0. The maximum absolute atomic E-state index is 13.1. The van der Waals surface area contributed by atoms with Crippen LogP contribution in [0.1, 0.15) is 5.56 Å². The lowest BCUT2D eigenvalue weighted by Crippen LogP contribution is -2.26. The number of likely N-dealkylation sites (N-methyl/N-ethyl adjacent to an activating group) is 1. The quantitative estimate of drug-likeness (QED) is 0.718. The lowest BCUT2D eigenvalue weighted by atomic mass is 10.2. The highest BCUT2D eigenvalue weighted by molar-refractivity contribution is 5.16. The van der Waals surface area contributed by atoms with Gasteiger partial charge in [-0.3, -0.25) is 0 Å². The predicted molar refractivity (Wildman–Crippen MR) is 56.7 cm³/mol. The number of nitrogens with zero attached hydrogens (tertiary/aromatic N) is 1. The first-order valence-electron chi connectivity index (χ1n) is 4.79. The molecule has 0 saturated heterocycles. The molecule has 0 unspecified atom stereocenters. The summed E-state index contributed by atoms with van der Waals surface area (Å²) < 4.78 is 13.1. The second-order valence-corrected chi connectivity index (χ2v) is 3.57. The lowest BCUT2D eigenvalue weighted by molar-refractivity contribution is 0.399. The molecule has 0 bridgehead atoms. The largest absolute Gasteiger partial charge is 0.311 e. The maximum atomic E-state index is 13.1. The molecule has 1 N–H and O–H groups in total. The molecule has 0 fully saturated rings. The second-order valence-electron chi connectivity index (χ2n) is 3.57. The summed E-state index contributed by atoms with van der Waals surface area (Å²) in [6.07, 6.45) is 0. The topological polar surface area (TPSA) is 15.3 Å². The van der Waals surface area contributed by atoms with Crippen molar-refractivity contribution in [3.05, 3.63) is 35.6 Å². The van der Waals surface area contributed by atoms with Gasteiger partial charge in [0.25, 0.3) is 0 Å². The molecular formula is C11H17FN2. The first-order chi connectivity index (χ1) is 6.70. The molecular weight excluding hydrogens is 179 g/mol. The molecule has 0 amide bonds. The summed E-state index contributed by atoms with van der Waals surface area (Å²) in [6.45, 7) is 2.44. The predicted octanol–water partition coefficient (Wildman–Crippen LogP) is 1.48. The van der Waals surface area contributed by atoms with Crippen LogP contribution >= 0.6 is 0 Å². The number of hydrogen-bond donors (Lipinski definition) is 1. The molecule has 0 aromatic heterocycles. The van der Waals surface area contributed by atoms with Crippen molar-refractivity contribution >= 4 is 0 Å². The first kappa shape index (κ1) is 11.1. The Balaban J connectivity index is 2.28. The summed E-state index contributed by atoms with van der Waals surface area (Å²) in [6, 6.07) is 6.85. The van der Waals surface area contributed by atoms with Gasteiger partial charge in [0, 0.05) is 25.2 Å². The Hall–Kier alpha value is -0.930. The fourth-order valence-corrected chi connectivity index (χ4v) is 1.17. The van der Waals surface area contributed by atoms with E-state index < -0.39 is 0 Å². The molecule has 0 radical (unpaired) electrons. The van der Waals surface area contributed by atoms with E-state index in [1.807, 2.05) is 20.2 Å². The molecule has 0 aliphatic rings. The smallest absolute Gasteiger partial charge is 0.127 e. The van der Waals surface area contributed by atoms with Gasteiger partial charge in [0.05, 0.1) is 0 Å². The van der Waals surface area contributed by atoms with E-state index in [0.717, 1.165) is 18.7 Å². The molecule has 78 valence electrons. The SMILES string of the molecule is CN(C)CCNCc1ccccc1F. The van der Waals surface area contributed by atoms with Gasteiger partial charge in [-0.05, 0) is 20.2 Å². The summed E-state index contributed by atoms with van der Waals surface area (Å²) in [7, 11) is 4.04. The highest BCUT2D eigenvalue weighted by Crippen LogP contribution is 2.04. The highest BCUT2D eigenvalue weighted by Gasteiger charge is 1.98. The van der Waals surface area contributed by atoms with Gasteiger partial charge >= 0.3 is 0 Å². The number of halogens is 1. The molecule has 0 spiro atoms. The third-order valence-electron chi connectivity index (χ3n) is 2.01. The molecule has 0 heterocycles. The van der Waals surface area contributed by atoms with E-state index in [-0.39, 0.29) is 5.82 Å². The summed E-state index contributed by atoms with van der Waals surface area (Å²) in [4.78, 5) is 2.09. The highest BCUT2D eigenvalue weighted by atomic mass is 19.1. The van der Waals surface area contributed by atoms with E-state index in [4.69, 9.17) is 0 Å². The summed E-state index contributed by atoms with van der Waals surface area (Å²) in [5.74, 6) is -0.134. The molecule has 0 aliphatic heterocycles. The Morgan fingerprint density at radius 1 is 1.29 bits per heavy atom. The van der Waals surface area contributed by atoms with Crippen molar-refractivity contribution in [3.8, 4) is 0 Å². The van der Waals surface area contributed by atoms with Gasteiger partial charge in [0.2, 0.25) is 0 Å². The average molecular weight is 196 g/mol. The Bertz CT molecular complexity index is 274. The molecule has 1 rings (SSSR count). The van der Waals surface area contributed by atoms with Crippen molar-refractivity contribution in [2.75, 3.05) is 27.2 Å². The molecule has 1 aromatic carbocycles. The van der Waals surface area contributed by atoms with Crippen LogP contribution in [0.3, 0.4) is 0 Å². The van der Waals surface area contributed by atoms with Crippen LogP contribution in [-0.2, 0) is 6.54 Å². The number of rotatable bonds is 5. The Morgan fingerprint density at radius 2 is 2.00 bits per heavy atom. The molecule has 0 aliphatic carbocycles. The Morgan fingerprint density at radius 3 is 2.64 bits per heavy atom. The van der Waals surface area contributed by atoms with E-state index in [2.05, 4.69) is 10.2 Å². The molecule has 0 saturated carbocycles. The second kappa shape index (κ2) is 5.73. The Labute approximate surface area is 84.7 Å². The van der Waals surface area contributed by atoms with Crippen molar-refractivity contribution in [3.63, 3.8) is 0 Å². The molecule has 2 nitrogen and oxygen atoms in total. The van der Waals surface area contributed by atoms with E-state index in [0.29, 0.717) is 6.54 Å². The zero-order valence-corrected chi connectivity index (χ0v) is 8.76. The van der Waals surface area contributed by atoms with Crippen molar-refractivity contribution < 1.29 is 4.39 Å². The normalized spacial score (nSPS) is 10.9. The zero-order chi connectivity index (χ0) is 10.4. The maximum Gasteiger partial charge on any atom is 0.127 e. The zero-order valence-electron chi connectivity index (χ0n) is 8.76. The minimum atomic E-state index is -0.134.